The van der Waals surface area contributed by atoms with Crippen molar-refractivity contribution < 1.29 is 19.1 Å². The number of Topliss-reactive ketones (excluding diaryl/α,β-unsaturated/α-hetero) is 1. The number of hydrogen-bond donors (Lipinski definition) is 3. The van der Waals surface area contributed by atoms with Crippen LogP contribution in [0, 0.1) is 18.2 Å². The maximum absolute atomic E-state index is 15.4. The highest BCUT2D eigenvalue weighted by atomic mass is 32.1. The van der Waals surface area contributed by atoms with Gasteiger partial charge in [0, 0.05) is 34.0 Å². The first kappa shape index (κ1) is 23.1. The highest BCUT2D eigenvalue weighted by Gasteiger charge is 2.37. The number of aliphatic hydroxyl groups is 1. The van der Waals surface area contributed by atoms with E-state index >= 15 is 4.39 Å². The summed E-state index contributed by atoms with van der Waals surface area (Å²) in [7, 11) is 0. The fourth-order valence-electron chi connectivity index (χ4n) is 5.55. The van der Waals surface area contributed by atoms with Gasteiger partial charge in [0.15, 0.2) is 5.78 Å². The first-order valence-electron chi connectivity index (χ1n) is 11.8. The lowest BCUT2D eigenvalue weighted by molar-refractivity contribution is 0.0911. The van der Waals surface area contributed by atoms with Crippen LogP contribution in [0.1, 0.15) is 77.2 Å². The molecule has 0 spiro atoms. The molecule has 8 heteroatoms. The molecular weight excluding hydrogens is 453 g/mol. The van der Waals surface area contributed by atoms with Crippen molar-refractivity contribution >= 4 is 38.9 Å². The van der Waals surface area contributed by atoms with E-state index in [1.165, 1.54) is 6.07 Å². The van der Waals surface area contributed by atoms with Crippen molar-refractivity contribution in [1.29, 1.82) is 0 Å². The molecule has 2 aromatic heterocycles. The zero-order valence-corrected chi connectivity index (χ0v) is 20.5. The molecule has 5 rings (SSSR count). The Labute approximate surface area is 201 Å². The van der Waals surface area contributed by atoms with Crippen molar-refractivity contribution in [3.05, 3.63) is 45.7 Å². The molecule has 0 atom stereocenters. The summed E-state index contributed by atoms with van der Waals surface area (Å²) in [5.41, 5.74) is 7.74. The van der Waals surface area contributed by atoms with Crippen LogP contribution in [0.15, 0.2) is 18.2 Å². The normalized spacial score (nSPS) is 22.1. The molecule has 6 nitrogen and oxygen atoms in total. The average Bonchev–Trinajstić information content (AvgIpc) is 3.21. The third-order valence-electron chi connectivity index (χ3n) is 7.07. The van der Waals surface area contributed by atoms with Gasteiger partial charge in [-0.1, -0.05) is 13.8 Å². The van der Waals surface area contributed by atoms with Crippen molar-refractivity contribution in [3.8, 4) is 5.69 Å². The van der Waals surface area contributed by atoms with E-state index in [4.69, 9.17) is 5.73 Å². The summed E-state index contributed by atoms with van der Waals surface area (Å²) in [6.07, 6.45) is 3.61. The minimum atomic E-state index is -0.828. The van der Waals surface area contributed by atoms with Gasteiger partial charge in [0.1, 0.15) is 10.6 Å². The molecule has 2 aliphatic carbocycles. The molecule has 180 valence electrons. The molecule has 3 aromatic rings. The van der Waals surface area contributed by atoms with E-state index < -0.39 is 11.7 Å². The number of nitrogens with zero attached hydrogens (tertiary/aromatic N) is 1. The number of nitrogens with two attached hydrogens (primary N) is 1. The zero-order valence-electron chi connectivity index (χ0n) is 19.7. The topological polar surface area (TPSA) is 97.3 Å². The average molecular weight is 484 g/mol. The van der Waals surface area contributed by atoms with Crippen molar-refractivity contribution in [3.63, 3.8) is 0 Å². The van der Waals surface area contributed by atoms with Gasteiger partial charge in [0.05, 0.1) is 23.0 Å². The Hall–Kier alpha value is -2.71. The number of aromatic nitrogens is 1. The Morgan fingerprint density at radius 1 is 1.21 bits per heavy atom. The molecule has 2 aliphatic rings. The summed E-state index contributed by atoms with van der Waals surface area (Å²) in [6, 6.07) is 5.16. The van der Waals surface area contributed by atoms with Crippen LogP contribution in [0.2, 0.25) is 0 Å². The summed E-state index contributed by atoms with van der Waals surface area (Å²) >= 11 is 1.58. The molecule has 1 fully saturated rings. The number of aliphatic hydroxyl groups excluding tert-OH is 1. The van der Waals surface area contributed by atoms with E-state index in [9.17, 15) is 14.7 Å². The number of hydrogen-bond acceptors (Lipinski definition) is 5. The molecule has 0 bridgehead atoms. The number of thiophene rings is 1. The minimum absolute atomic E-state index is 0.0132. The number of aryl methyl sites for hydroxylation is 1. The Morgan fingerprint density at radius 3 is 2.59 bits per heavy atom. The number of halogens is 1. The standard InChI is InChI=1S/C26H30FN3O3S/c1-13-8-17-22-20(11-26(2,3)12-21(22)32)30(25(17)34-13)15-9-18(27)23(24(28)33)19(10-15)29-14-4-6-16(31)7-5-14/h8-10,14,16,29,31H,4-7,11-12H2,1-3H3,(H2,28,33). The third-order valence-corrected chi connectivity index (χ3v) is 8.10. The smallest absolute Gasteiger partial charge is 0.253 e. The number of benzene rings is 1. The highest BCUT2D eigenvalue weighted by molar-refractivity contribution is 7.18. The number of nitrogens with one attached hydrogen (secondary N) is 1. The lowest BCUT2D eigenvalue weighted by atomic mass is 9.76. The molecule has 1 aromatic carbocycles. The monoisotopic (exact) mass is 483 g/mol. The molecule has 0 unspecified atom stereocenters. The van der Waals surface area contributed by atoms with Gasteiger partial charge in [0.25, 0.3) is 5.91 Å². The number of anilines is 1. The van der Waals surface area contributed by atoms with E-state index in [0.29, 0.717) is 37.1 Å². The summed E-state index contributed by atoms with van der Waals surface area (Å²) in [5, 5.41) is 14.1. The quantitative estimate of drug-likeness (QED) is 0.480. The lowest BCUT2D eigenvalue weighted by Crippen LogP contribution is -2.30. The van der Waals surface area contributed by atoms with Crippen LogP contribution in [-0.4, -0.2) is 33.5 Å². The minimum Gasteiger partial charge on any atom is -0.393 e. The molecular formula is C26H30FN3O3S. The van der Waals surface area contributed by atoms with Gasteiger partial charge in [-0.3, -0.25) is 9.59 Å². The summed E-state index contributed by atoms with van der Waals surface area (Å²) in [5.74, 6) is -1.40. The Bertz CT molecular complexity index is 1310. The second-order valence-electron chi connectivity index (χ2n) is 10.5. The van der Waals surface area contributed by atoms with Gasteiger partial charge in [-0.05, 0) is 62.6 Å². The molecule has 1 amide bonds. The Morgan fingerprint density at radius 2 is 1.91 bits per heavy atom. The molecule has 2 heterocycles. The van der Waals surface area contributed by atoms with Crippen molar-refractivity contribution in [2.75, 3.05) is 5.32 Å². The van der Waals surface area contributed by atoms with E-state index in [-0.39, 0.29) is 28.9 Å². The fraction of sp³-hybridized carbons (Fsp3) is 0.462. The first-order valence-corrected chi connectivity index (χ1v) is 12.6. The maximum Gasteiger partial charge on any atom is 0.253 e. The molecule has 0 radical (unpaired) electrons. The van der Waals surface area contributed by atoms with Crippen molar-refractivity contribution in [2.45, 2.75) is 71.4 Å². The number of primary amides is 1. The van der Waals surface area contributed by atoms with Gasteiger partial charge in [-0.25, -0.2) is 4.39 Å². The van der Waals surface area contributed by atoms with Crippen molar-refractivity contribution in [1.82, 2.24) is 4.57 Å². The van der Waals surface area contributed by atoms with Crippen LogP contribution >= 0.6 is 11.3 Å². The summed E-state index contributed by atoms with van der Waals surface area (Å²) in [6.45, 7) is 6.15. The van der Waals surface area contributed by atoms with E-state index in [0.717, 1.165) is 39.2 Å². The van der Waals surface area contributed by atoms with Crippen LogP contribution in [-0.2, 0) is 6.42 Å². The molecule has 0 saturated heterocycles. The molecule has 0 aliphatic heterocycles. The maximum atomic E-state index is 15.4. The Balaban J connectivity index is 1.69. The van der Waals surface area contributed by atoms with Crippen LogP contribution < -0.4 is 11.1 Å². The summed E-state index contributed by atoms with van der Waals surface area (Å²) < 4.78 is 17.4. The third kappa shape index (κ3) is 3.92. The number of amides is 1. The molecule has 4 N–H and O–H groups in total. The predicted octanol–water partition coefficient (Wildman–Crippen LogP) is 5.11. The number of rotatable bonds is 4. The van der Waals surface area contributed by atoms with Gasteiger partial charge in [0.2, 0.25) is 0 Å². The second kappa shape index (κ2) is 8.20. The van der Waals surface area contributed by atoms with Crippen LogP contribution in [0.5, 0.6) is 0 Å². The van der Waals surface area contributed by atoms with E-state index in [2.05, 4.69) is 19.2 Å². The van der Waals surface area contributed by atoms with Crippen LogP contribution in [0.4, 0.5) is 10.1 Å². The van der Waals surface area contributed by atoms with Gasteiger partial charge >= 0.3 is 0 Å². The van der Waals surface area contributed by atoms with Gasteiger partial charge in [-0.15, -0.1) is 11.3 Å². The second-order valence-corrected chi connectivity index (χ2v) is 11.8. The number of carbonyl (C=O) groups excluding carboxylic acids is 2. The number of fused-ring (bicyclic) bond motifs is 3. The van der Waals surface area contributed by atoms with Crippen LogP contribution in [0.3, 0.4) is 0 Å². The number of ketones is 1. The van der Waals surface area contributed by atoms with Gasteiger partial charge in [-0.2, -0.15) is 0 Å². The van der Waals surface area contributed by atoms with Gasteiger partial charge < -0.3 is 20.7 Å². The Kier molecular flexibility index (Phi) is 5.56. The van der Waals surface area contributed by atoms with E-state index in [1.807, 2.05) is 17.6 Å². The highest BCUT2D eigenvalue weighted by Crippen LogP contribution is 2.44. The van der Waals surface area contributed by atoms with Crippen LogP contribution in [0.25, 0.3) is 15.9 Å². The zero-order chi connectivity index (χ0) is 24.4. The SMILES string of the molecule is Cc1cc2c3c(n(-c4cc(F)c(C(N)=O)c(NC5CCC(O)CC5)c4)c2s1)CC(C)(C)CC3=O. The first-order chi connectivity index (χ1) is 16.0. The fourth-order valence-corrected chi connectivity index (χ4v) is 6.61. The largest absolute Gasteiger partial charge is 0.393 e. The molecule has 34 heavy (non-hydrogen) atoms. The predicted molar refractivity (Wildman–Crippen MR) is 133 cm³/mol. The number of carbonyl (C=O) groups is 2. The van der Waals surface area contributed by atoms with E-state index in [1.54, 1.807) is 17.4 Å². The molecule has 1 saturated carbocycles. The lowest BCUT2D eigenvalue weighted by Gasteiger charge is -2.30. The summed E-state index contributed by atoms with van der Waals surface area (Å²) in [4.78, 5) is 27.3. The van der Waals surface area contributed by atoms with Crippen molar-refractivity contribution in [2.24, 2.45) is 11.1 Å².